The van der Waals surface area contributed by atoms with Gasteiger partial charge in [0, 0.05) is 22.7 Å². The van der Waals surface area contributed by atoms with E-state index in [1.54, 1.807) is 13.8 Å². The monoisotopic (exact) mass is 406 g/mol. The van der Waals surface area contributed by atoms with Crippen LogP contribution in [0.25, 0.3) is 0 Å². The summed E-state index contributed by atoms with van der Waals surface area (Å²) in [7, 11) is 0. The topological polar surface area (TPSA) is 129 Å². The highest BCUT2D eigenvalue weighted by Gasteiger charge is 2.71. The predicted octanol–water partition coefficient (Wildman–Crippen LogP) is 0.465. The van der Waals surface area contributed by atoms with Gasteiger partial charge in [-0.25, -0.2) is 0 Å². The highest BCUT2D eigenvalue weighted by atomic mass is 16.3. The summed E-state index contributed by atoms with van der Waals surface area (Å²) in [6, 6.07) is 0. The molecule has 0 spiro atoms. The molecule has 0 saturated heterocycles. The molecular weight excluding hydrogens is 376 g/mol. The van der Waals surface area contributed by atoms with Crippen LogP contribution in [0.15, 0.2) is 0 Å². The third-order valence-corrected chi connectivity index (χ3v) is 9.24. The second-order valence-corrected chi connectivity index (χ2v) is 10.3. The Hall–Kier alpha value is -1.44. The number of ketones is 4. The van der Waals surface area contributed by atoms with Crippen LogP contribution in [-0.2, 0) is 19.2 Å². The number of hydrogen-bond donors (Lipinski definition) is 3. The molecule has 0 bridgehead atoms. The van der Waals surface area contributed by atoms with Crippen LogP contribution in [0.5, 0.6) is 0 Å². The van der Waals surface area contributed by atoms with Gasteiger partial charge in [-0.15, -0.1) is 0 Å². The largest absolute Gasteiger partial charge is 0.393 e. The van der Waals surface area contributed by atoms with Crippen LogP contribution in [0.3, 0.4) is 0 Å². The molecule has 0 aromatic rings. The Labute approximate surface area is 169 Å². The molecule has 3 N–H and O–H groups in total. The summed E-state index contributed by atoms with van der Waals surface area (Å²) in [5.74, 6) is -3.74. The summed E-state index contributed by atoms with van der Waals surface area (Å²) in [5, 5.41) is 31.9. The first-order valence-electron chi connectivity index (χ1n) is 10.6. The van der Waals surface area contributed by atoms with Gasteiger partial charge in [0.05, 0.1) is 12.5 Å². The quantitative estimate of drug-likeness (QED) is 0.449. The van der Waals surface area contributed by atoms with Crippen molar-refractivity contribution in [3.63, 3.8) is 0 Å². The highest BCUT2D eigenvalue weighted by Crippen LogP contribution is 2.68. The second kappa shape index (κ2) is 6.28. The first kappa shape index (κ1) is 20.8. The van der Waals surface area contributed by atoms with Gasteiger partial charge in [-0.05, 0) is 43.4 Å². The lowest BCUT2D eigenvalue weighted by molar-refractivity contribution is -0.205. The summed E-state index contributed by atoms with van der Waals surface area (Å²) < 4.78 is 0. The lowest BCUT2D eigenvalue weighted by atomic mass is 9.41. The summed E-state index contributed by atoms with van der Waals surface area (Å²) in [6.45, 7) is 4.65. The first-order chi connectivity index (χ1) is 13.4. The van der Waals surface area contributed by atoms with Crippen LogP contribution in [0.2, 0.25) is 0 Å². The number of aliphatic hydroxyl groups excluding tert-OH is 2. The number of carbonyl (C=O) groups is 4. The molecule has 0 aliphatic heterocycles. The molecule has 9 atom stereocenters. The van der Waals surface area contributed by atoms with Crippen molar-refractivity contribution in [2.45, 2.75) is 64.6 Å². The molecule has 4 aliphatic rings. The van der Waals surface area contributed by atoms with Gasteiger partial charge in [0.15, 0.2) is 5.78 Å². The summed E-state index contributed by atoms with van der Waals surface area (Å²) in [6.07, 6.45) is 0.0429. The number of aliphatic hydroxyl groups is 3. The zero-order valence-corrected chi connectivity index (χ0v) is 17.2. The average molecular weight is 406 g/mol. The van der Waals surface area contributed by atoms with Crippen molar-refractivity contribution < 1.29 is 34.5 Å². The summed E-state index contributed by atoms with van der Waals surface area (Å²) in [5.41, 5.74) is -3.73. The van der Waals surface area contributed by atoms with E-state index >= 15 is 0 Å². The molecule has 4 saturated carbocycles. The van der Waals surface area contributed by atoms with Gasteiger partial charge in [-0.2, -0.15) is 0 Å². The van der Waals surface area contributed by atoms with E-state index in [1.807, 2.05) is 6.92 Å². The third-order valence-electron chi connectivity index (χ3n) is 9.24. The van der Waals surface area contributed by atoms with E-state index in [4.69, 9.17) is 0 Å². The summed E-state index contributed by atoms with van der Waals surface area (Å²) >= 11 is 0. The minimum Gasteiger partial charge on any atom is -0.393 e. The van der Waals surface area contributed by atoms with Crippen LogP contribution in [0.4, 0.5) is 0 Å². The van der Waals surface area contributed by atoms with Gasteiger partial charge in [0.25, 0.3) is 0 Å². The van der Waals surface area contributed by atoms with Gasteiger partial charge >= 0.3 is 0 Å². The first-order valence-corrected chi connectivity index (χ1v) is 10.6. The van der Waals surface area contributed by atoms with Crippen LogP contribution in [-0.4, -0.2) is 56.8 Å². The Morgan fingerprint density at radius 3 is 2.48 bits per heavy atom. The average Bonchev–Trinajstić information content (AvgIpc) is 2.91. The molecule has 3 unspecified atom stereocenters. The normalized spacial score (nSPS) is 52.0. The van der Waals surface area contributed by atoms with E-state index in [9.17, 15) is 34.5 Å². The standard InChI is InChI=1S/C22H30O7/c1-10-6-11-12-4-5-22(29,16(27)9-23)20(12,2)8-14(25)18(11)21(3)15(26)7-13(24)19(28)17(10)21/h10-12,14,17-18,23,25,29H,4-9H2,1-3H3/t10?,11-,12-,14?,17?,18+,20-,21-,22-/m0/s1. The summed E-state index contributed by atoms with van der Waals surface area (Å²) in [4.78, 5) is 50.3. The molecule has 0 heterocycles. The molecule has 4 rings (SSSR count). The lowest BCUT2D eigenvalue weighted by Gasteiger charge is -2.62. The molecule has 7 nitrogen and oxygen atoms in total. The van der Waals surface area contributed by atoms with E-state index in [-0.39, 0.29) is 36.4 Å². The van der Waals surface area contributed by atoms with Crippen molar-refractivity contribution in [1.82, 2.24) is 0 Å². The van der Waals surface area contributed by atoms with Crippen LogP contribution in [0, 0.1) is 40.4 Å². The zero-order valence-electron chi connectivity index (χ0n) is 17.2. The van der Waals surface area contributed by atoms with E-state index in [0.717, 1.165) is 0 Å². The van der Waals surface area contributed by atoms with Gasteiger partial charge in [0.2, 0.25) is 11.6 Å². The van der Waals surface area contributed by atoms with E-state index < -0.39 is 64.7 Å². The third kappa shape index (κ3) is 2.35. The van der Waals surface area contributed by atoms with Crippen molar-refractivity contribution in [2.75, 3.05) is 6.61 Å². The van der Waals surface area contributed by atoms with Gasteiger partial charge < -0.3 is 15.3 Å². The Balaban J connectivity index is 1.80. The molecule has 7 heteroatoms. The van der Waals surface area contributed by atoms with Crippen LogP contribution >= 0.6 is 0 Å². The van der Waals surface area contributed by atoms with E-state index in [2.05, 4.69) is 0 Å². The fourth-order valence-electron chi connectivity index (χ4n) is 7.97. The van der Waals surface area contributed by atoms with E-state index in [0.29, 0.717) is 12.8 Å². The predicted molar refractivity (Wildman–Crippen MR) is 100 cm³/mol. The Kier molecular flexibility index (Phi) is 4.51. The minimum atomic E-state index is -1.71. The maximum Gasteiger partial charge on any atom is 0.206 e. The number of hydrogen-bond acceptors (Lipinski definition) is 7. The molecule has 4 aliphatic carbocycles. The van der Waals surface area contributed by atoms with E-state index in [1.165, 1.54) is 0 Å². The van der Waals surface area contributed by atoms with Crippen LogP contribution < -0.4 is 0 Å². The van der Waals surface area contributed by atoms with Gasteiger partial charge in [-0.3, -0.25) is 19.2 Å². The SMILES string of the molecule is CC1C[C@@H]2[C@H](C(O)C[C@@]3(C)[C@H]2CC[C@]3(O)C(=O)CO)[C@@]2(C)C(=O)CC(=O)C(=O)C12. The second-order valence-electron chi connectivity index (χ2n) is 10.3. The Morgan fingerprint density at radius 1 is 1.21 bits per heavy atom. The molecule has 0 amide bonds. The fraction of sp³-hybridized carbons (Fsp3) is 0.818. The number of Topliss-reactive ketones (excluding diaryl/α,β-unsaturated/α-hetero) is 4. The van der Waals surface area contributed by atoms with Crippen molar-refractivity contribution in [3.8, 4) is 0 Å². The minimum absolute atomic E-state index is 0.114. The maximum atomic E-state index is 13.1. The van der Waals surface area contributed by atoms with Crippen molar-refractivity contribution in [1.29, 1.82) is 0 Å². The lowest BCUT2D eigenvalue weighted by Crippen LogP contribution is -2.67. The smallest absolute Gasteiger partial charge is 0.206 e. The molecule has 160 valence electrons. The molecule has 0 aromatic carbocycles. The molecular formula is C22H30O7. The van der Waals surface area contributed by atoms with Crippen LogP contribution in [0.1, 0.15) is 52.9 Å². The fourth-order valence-corrected chi connectivity index (χ4v) is 7.97. The molecule has 0 radical (unpaired) electrons. The Morgan fingerprint density at radius 2 is 1.86 bits per heavy atom. The van der Waals surface area contributed by atoms with Gasteiger partial charge in [0.1, 0.15) is 18.0 Å². The van der Waals surface area contributed by atoms with Crippen molar-refractivity contribution in [3.05, 3.63) is 0 Å². The van der Waals surface area contributed by atoms with Crippen molar-refractivity contribution in [2.24, 2.45) is 40.4 Å². The molecule has 29 heavy (non-hydrogen) atoms. The van der Waals surface area contributed by atoms with Gasteiger partial charge in [-0.1, -0.05) is 20.8 Å². The zero-order chi connectivity index (χ0) is 21.5. The number of fused-ring (bicyclic) bond motifs is 5. The molecule has 4 fully saturated rings. The van der Waals surface area contributed by atoms with Crippen molar-refractivity contribution >= 4 is 23.1 Å². The number of carbonyl (C=O) groups excluding carboxylic acids is 4. The highest BCUT2D eigenvalue weighted by molar-refractivity contribution is 6.44. The maximum absolute atomic E-state index is 13.1. The number of rotatable bonds is 2. The Bertz CT molecular complexity index is 805. The molecule has 0 aromatic heterocycles.